The topological polar surface area (TPSA) is 57.2 Å². The third kappa shape index (κ3) is 2.51. The lowest BCUT2D eigenvalue weighted by molar-refractivity contribution is 0.471. The standard InChI is InChI=1S/C10H12O3S/c1-3-8(2)9-4-6-10(7-5-9)14(11,12)13/h4,6-8H,3H2,1-2H3. The fourth-order valence-corrected chi connectivity index (χ4v) is 1.54. The lowest BCUT2D eigenvalue weighted by Crippen LogP contribution is -2.04. The summed E-state index contributed by atoms with van der Waals surface area (Å²) in [5, 5.41) is 0. The highest BCUT2D eigenvalue weighted by atomic mass is 32.2. The van der Waals surface area contributed by atoms with Crippen molar-refractivity contribution in [3.63, 3.8) is 0 Å². The third-order valence-corrected chi connectivity index (χ3v) is 3.07. The van der Waals surface area contributed by atoms with E-state index in [1.165, 1.54) is 12.2 Å². The normalized spacial score (nSPS) is 18.2. The SMILES string of the molecule is CCC(C)C1=[C+]C=C(S(=O)(=O)[O-])C=C1. The Kier molecular flexibility index (Phi) is 3.21. The summed E-state index contributed by atoms with van der Waals surface area (Å²) in [5.74, 6) is 0.332. The van der Waals surface area contributed by atoms with Crippen LogP contribution in [0.15, 0.2) is 28.7 Å². The molecule has 0 fully saturated rings. The van der Waals surface area contributed by atoms with Crippen molar-refractivity contribution in [3.8, 4) is 0 Å². The fourth-order valence-electron chi connectivity index (χ4n) is 1.10. The molecule has 1 aliphatic carbocycles. The van der Waals surface area contributed by atoms with Gasteiger partial charge in [0.1, 0.15) is 11.6 Å². The lowest BCUT2D eigenvalue weighted by Gasteiger charge is -2.07. The molecule has 0 aromatic heterocycles. The maximum atomic E-state index is 10.6. The zero-order valence-corrected chi connectivity index (χ0v) is 8.97. The van der Waals surface area contributed by atoms with Crippen LogP contribution in [-0.4, -0.2) is 13.0 Å². The van der Waals surface area contributed by atoms with Crippen molar-refractivity contribution in [2.45, 2.75) is 20.3 Å². The predicted octanol–water partition coefficient (Wildman–Crippen LogP) is 1.76. The first kappa shape index (κ1) is 11.1. The van der Waals surface area contributed by atoms with Crippen LogP contribution in [0, 0.1) is 12.0 Å². The van der Waals surface area contributed by atoms with E-state index in [0.29, 0.717) is 5.92 Å². The van der Waals surface area contributed by atoms with Crippen LogP contribution in [0.1, 0.15) is 20.3 Å². The first-order chi connectivity index (χ1) is 6.45. The van der Waals surface area contributed by atoms with E-state index in [1.807, 2.05) is 13.8 Å². The maximum Gasteiger partial charge on any atom is 0.174 e. The Morgan fingerprint density at radius 2 is 2.14 bits per heavy atom. The van der Waals surface area contributed by atoms with Gasteiger partial charge in [-0.05, 0) is 6.42 Å². The molecule has 3 nitrogen and oxygen atoms in total. The van der Waals surface area contributed by atoms with Crippen LogP contribution >= 0.6 is 0 Å². The Hall–Kier alpha value is -0.960. The molecule has 1 aliphatic rings. The molecule has 1 atom stereocenters. The Labute approximate surface area is 84.6 Å². The van der Waals surface area contributed by atoms with Crippen LogP contribution in [0.2, 0.25) is 0 Å². The van der Waals surface area contributed by atoms with Crippen molar-refractivity contribution in [2.24, 2.45) is 5.92 Å². The minimum absolute atomic E-state index is 0.218. The molecule has 4 heteroatoms. The molecular weight excluding hydrogens is 200 g/mol. The average molecular weight is 212 g/mol. The molecule has 0 saturated heterocycles. The van der Waals surface area contributed by atoms with Crippen LogP contribution in [0.25, 0.3) is 0 Å². The predicted molar refractivity (Wildman–Crippen MR) is 53.1 cm³/mol. The van der Waals surface area contributed by atoms with Gasteiger partial charge in [-0.15, -0.1) is 0 Å². The molecule has 0 radical (unpaired) electrons. The van der Waals surface area contributed by atoms with Gasteiger partial charge in [0, 0.05) is 12.0 Å². The summed E-state index contributed by atoms with van der Waals surface area (Å²) in [6, 6.07) is 0. The van der Waals surface area contributed by atoms with E-state index in [0.717, 1.165) is 12.0 Å². The fraction of sp³-hybridized carbons (Fsp3) is 0.400. The molecular formula is C10H12O3S. The zero-order valence-electron chi connectivity index (χ0n) is 8.15. The van der Waals surface area contributed by atoms with Gasteiger partial charge < -0.3 is 4.55 Å². The van der Waals surface area contributed by atoms with E-state index in [-0.39, 0.29) is 4.91 Å². The van der Waals surface area contributed by atoms with Gasteiger partial charge in [-0.3, -0.25) is 0 Å². The van der Waals surface area contributed by atoms with Crippen LogP contribution in [0.3, 0.4) is 0 Å². The molecule has 76 valence electrons. The summed E-state index contributed by atoms with van der Waals surface area (Å²) in [7, 11) is -4.33. The van der Waals surface area contributed by atoms with Crippen LogP contribution in [0.5, 0.6) is 0 Å². The smallest absolute Gasteiger partial charge is 0.174 e. The molecule has 14 heavy (non-hydrogen) atoms. The first-order valence-corrected chi connectivity index (χ1v) is 5.83. The monoisotopic (exact) mass is 212 g/mol. The zero-order chi connectivity index (χ0) is 10.8. The molecule has 0 saturated carbocycles. The summed E-state index contributed by atoms with van der Waals surface area (Å²) in [4.78, 5) is -0.218. The van der Waals surface area contributed by atoms with E-state index < -0.39 is 10.1 Å². The van der Waals surface area contributed by atoms with E-state index >= 15 is 0 Å². The number of hydrogen-bond acceptors (Lipinski definition) is 3. The van der Waals surface area contributed by atoms with Gasteiger partial charge in [-0.1, -0.05) is 13.8 Å². The molecule has 0 heterocycles. The number of rotatable bonds is 3. The molecule has 0 amide bonds. The van der Waals surface area contributed by atoms with Gasteiger partial charge >= 0.3 is 0 Å². The van der Waals surface area contributed by atoms with E-state index in [1.54, 1.807) is 6.08 Å². The van der Waals surface area contributed by atoms with Crippen LogP contribution in [0.4, 0.5) is 0 Å². The second-order valence-corrected chi connectivity index (χ2v) is 4.62. The molecule has 0 bridgehead atoms. The van der Waals surface area contributed by atoms with Crippen molar-refractivity contribution < 1.29 is 13.0 Å². The van der Waals surface area contributed by atoms with Crippen molar-refractivity contribution in [2.75, 3.05) is 0 Å². The summed E-state index contributed by atoms with van der Waals surface area (Å²) in [5.41, 5.74) is 0.930. The quantitative estimate of drug-likeness (QED) is 0.529. The van der Waals surface area contributed by atoms with Crippen molar-refractivity contribution >= 4 is 10.1 Å². The third-order valence-electron chi connectivity index (χ3n) is 2.24. The highest BCUT2D eigenvalue weighted by Crippen LogP contribution is 2.21. The Balaban J connectivity index is 2.93. The maximum absolute atomic E-state index is 10.6. The summed E-state index contributed by atoms with van der Waals surface area (Å²) in [6.07, 6.45) is 7.98. The second kappa shape index (κ2) is 4.05. The first-order valence-electron chi connectivity index (χ1n) is 4.42. The number of hydrogen-bond donors (Lipinski definition) is 0. The lowest BCUT2D eigenvalue weighted by atomic mass is 9.96. The van der Waals surface area contributed by atoms with E-state index in [2.05, 4.69) is 6.08 Å². The summed E-state index contributed by atoms with van der Waals surface area (Å²) >= 11 is 0. The van der Waals surface area contributed by atoms with Gasteiger partial charge in [0.25, 0.3) is 0 Å². The second-order valence-electron chi connectivity index (χ2n) is 3.24. The van der Waals surface area contributed by atoms with Crippen LogP contribution in [-0.2, 0) is 10.1 Å². The summed E-state index contributed by atoms with van der Waals surface area (Å²) < 4.78 is 31.8. The molecule has 0 aromatic rings. The van der Waals surface area contributed by atoms with Crippen LogP contribution < -0.4 is 0 Å². The Bertz CT molecular complexity index is 399. The molecule has 1 rings (SSSR count). The minimum atomic E-state index is -4.33. The Morgan fingerprint density at radius 3 is 2.50 bits per heavy atom. The van der Waals surface area contributed by atoms with E-state index in [4.69, 9.17) is 0 Å². The van der Waals surface area contributed by atoms with Gasteiger partial charge in [-0.25, -0.2) is 8.42 Å². The number of allylic oxidation sites excluding steroid dienone is 5. The highest BCUT2D eigenvalue weighted by Gasteiger charge is 2.17. The molecule has 0 N–H and O–H groups in total. The highest BCUT2D eigenvalue weighted by molar-refractivity contribution is 7.89. The largest absolute Gasteiger partial charge is 0.733 e. The molecule has 0 aromatic carbocycles. The van der Waals surface area contributed by atoms with Gasteiger partial charge in [0.2, 0.25) is 0 Å². The molecule has 0 spiro atoms. The van der Waals surface area contributed by atoms with Gasteiger partial charge in [0.05, 0.1) is 12.2 Å². The Morgan fingerprint density at radius 1 is 1.50 bits per heavy atom. The van der Waals surface area contributed by atoms with Crippen molar-refractivity contribution in [3.05, 3.63) is 34.8 Å². The average Bonchev–Trinajstić information content (AvgIpc) is 2.15. The minimum Gasteiger partial charge on any atom is -0.733 e. The van der Waals surface area contributed by atoms with E-state index in [9.17, 15) is 13.0 Å². The molecule has 0 aliphatic heterocycles. The van der Waals surface area contributed by atoms with Gasteiger partial charge in [-0.2, -0.15) is 0 Å². The molecule has 1 unspecified atom stereocenters. The van der Waals surface area contributed by atoms with Gasteiger partial charge in [0.15, 0.2) is 15.0 Å². The summed E-state index contributed by atoms with van der Waals surface area (Å²) in [6.45, 7) is 4.06. The van der Waals surface area contributed by atoms with Crippen molar-refractivity contribution in [1.82, 2.24) is 0 Å². The van der Waals surface area contributed by atoms with Crippen molar-refractivity contribution in [1.29, 1.82) is 0 Å².